The molecule has 0 aromatic heterocycles. The average molecular weight is 126 g/mol. The molecule has 1 N–H and O–H groups in total. The van der Waals surface area contributed by atoms with Gasteiger partial charge in [0.1, 0.15) is 0 Å². The van der Waals surface area contributed by atoms with Gasteiger partial charge in [-0.2, -0.15) is 0 Å². The summed E-state index contributed by atoms with van der Waals surface area (Å²) in [6.07, 6.45) is 1.15. The molecule has 0 saturated heterocycles. The first-order valence-corrected chi connectivity index (χ1v) is 2.83. The quantitative estimate of drug-likeness (QED) is 0.560. The van der Waals surface area contributed by atoms with Gasteiger partial charge in [-0.1, -0.05) is 20.8 Å². The Morgan fingerprint density at radius 2 is 2.00 bits per heavy atom. The van der Waals surface area contributed by atoms with Gasteiger partial charge in [-0.05, 0) is 6.58 Å². The zero-order valence-electron chi connectivity index (χ0n) is 6.06. The summed E-state index contributed by atoms with van der Waals surface area (Å²) < 4.78 is 0. The van der Waals surface area contributed by atoms with Crippen molar-refractivity contribution >= 4 is 5.91 Å². The van der Waals surface area contributed by atoms with Gasteiger partial charge >= 0.3 is 0 Å². The highest BCUT2D eigenvalue weighted by atomic mass is 16.2. The van der Waals surface area contributed by atoms with E-state index >= 15 is 0 Å². The summed E-state index contributed by atoms with van der Waals surface area (Å²) in [6, 6.07) is 0. The van der Waals surface area contributed by atoms with Gasteiger partial charge in [0.25, 0.3) is 0 Å². The van der Waals surface area contributed by atoms with E-state index in [9.17, 15) is 4.79 Å². The maximum Gasteiger partial charge on any atom is 0.229 e. The van der Waals surface area contributed by atoms with E-state index in [-0.39, 0.29) is 11.3 Å². The van der Waals surface area contributed by atoms with Crippen LogP contribution in [0.5, 0.6) is 0 Å². The molecule has 0 spiro atoms. The molecule has 0 atom stereocenters. The molecule has 0 unspecified atom stereocenters. The van der Waals surface area contributed by atoms with E-state index in [1.54, 1.807) is 0 Å². The maximum absolute atomic E-state index is 10.8. The monoisotopic (exact) mass is 126 g/mol. The molecule has 0 aromatic carbocycles. The van der Waals surface area contributed by atoms with Crippen LogP contribution < -0.4 is 5.32 Å². The molecule has 0 bridgehead atoms. The Hall–Kier alpha value is -0.790. The van der Waals surface area contributed by atoms with Gasteiger partial charge in [-0.15, -0.1) is 0 Å². The van der Waals surface area contributed by atoms with Gasteiger partial charge in [-0.25, -0.2) is 0 Å². The lowest BCUT2D eigenvalue weighted by Crippen LogP contribution is -2.30. The third kappa shape index (κ3) is 2.90. The number of hydrogen-bond acceptors (Lipinski definition) is 1. The highest BCUT2D eigenvalue weighted by Gasteiger charge is 2.19. The molecular weight excluding hydrogens is 114 g/mol. The molecule has 0 aliphatic carbocycles. The Morgan fingerprint density at radius 3 is 2.11 bits per heavy atom. The molecule has 0 fully saturated rings. The van der Waals surface area contributed by atoms with Crippen LogP contribution in [0.1, 0.15) is 20.8 Å². The standard InChI is InChI=1S/C7H12NO/c1-5-8-6(9)7(2,3)4/h1,5H,2-4H3,(H,8,9). The summed E-state index contributed by atoms with van der Waals surface area (Å²) in [5, 5.41) is 2.40. The molecule has 0 saturated carbocycles. The lowest BCUT2D eigenvalue weighted by molar-refractivity contribution is -0.127. The molecule has 1 amide bonds. The summed E-state index contributed by atoms with van der Waals surface area (Å²) in [7, 11) is 0. The number of rotatable bonds is 1. The predicted octanol–water partition coefficient (Wildman–Crippen LogP) is 1.10. The molecule has 0 aliphatic heterocycles. The van der Waals surface area contributed by atoms with E-state index in [4.69, 9.17) is 6.58 Å². The molecular formula is C7H12NO. The highest BCUT2D eigenvalue weighted by Crippen LogP contribution is 2.11. The molecule has 9 heavy (non-hydrogen) atoms. The summed E-state index contributed by atoms with van der Waals surface area (Å²) >= 11 is 0. The Labute approximate surface area is 56.0 Å². The maximum atomic E-state index is 10.8. The van der Waals surface area contributed by atoms with Crippen molar-refractivity contribution in [3.8, 4) is 0 Å². The van der Waals surface area contributed by atoms with Crippen molar-refractivity contribution in [2.75, 3.05) is 0 Å². The fraction of sp³-hybridized carbons (Fsp3) is 0.571. The summed E-state index contributed by atoms with van der Waals surface area (Å²) in [4.78, 5) is 10.8. The zero-order valence-corrected chi connectivity index (χ0v) is 6.06. The molecule has 0 rings (SSSR count). The Bertz CT molecular complexity index is 121. The SMILES string of the molecule is [CH]=CNC(=O)C(C)(C)C. The predicted molar refractivity (Wildman–Crippen MR) is 36.5 cm³/mol. The molecule has 2 heteroatoms. The third-order valence-corrected chi connectivity index (χ3v) is 0.896. The van der Waals surface area contributed by atoms with E-state index in [0.29, 0.717) is 0 Å². The van der Waals surface area contributed by atoms with E-state index < -0.39 is 0 Å². The van der Waals surface area contributed by atoms with Gasteiger partial charge in [-0.3, -0.25) is 4.79 Å². The Balaban J connectivity index is 3.88. The van der Waals surface area contributed by atoms with E-state index in [0.717, 1.165) is 6.20 Å². The van der Waals surface area contributed by atoms with Crippen molar-refractivity contribution in [2.24, 2.45) is 5.41 Å². The van der Waals surface area contributed by atoms with Crippen molar-refractivity contribution < 1.29 is 4.79 Å². The minimum absolute atomic E-state index is 0.0648. The lowest BCUT2D eigenvalue weighted by atomic mass is 9.96. The van der Waals surface area contributed by atoms with Crippen LogP contribution in [-0.2, 0) is 4.79 Å². The number of nitrogens with one attached hydrogen (secondary N) is 1. The second kappa shape index (κ2) is 2.67. The van der Waals surface area contributed by atoms with E-state index in [1.807, 2.05) is 20.8 Å². The molecule has 0 heterocycles. The van der Waals surface area contributed by atoms with E-state index in [2.05, 4.69) is 5.32 Å². The smallest absolute Gasteiger partial charge is 0.229 e. The highest BCUT2D eigenvalue weighted by molar-refractivity contribution is 5.81. The van der Waals surface area contributed by atoms with Crippen LogP contribution in [0.25, 0.3) is 0 Å². The average Bonchev–Trinajstić information content (AvgIpc) is 1.64. The Kier molecular flexibility index (Phi) is 2.43. The molecule has 51 valence electrons. The first-order chi connectivity index (χ1) is 3.98. The third-order valence-electron chi connectivity index (χ3n) is 0.896. The van der Waals surface area contributed by atoms with Gasteiger partial charge in [0.15, 0.2) is 0 Å². The van der Waals surface area contributed by atoms with Crippen LogP contribution in [0.2, 0.25) is 0 Å². The normalized spacial score (nSPS) is 10.6. The van der Waals surface area contributed by atoms with Crippen LogP contribution in [0.15, 0.2) is 6.20 Å². The Morgan fingerprint density at radius 1 is 1.56 bits per heavy atom. The minimum atomic E-state index is -0.351. The summed E-state index contributed by atoms with van der Waals surface area (Å²) in [5.74, 6) is -0.0648. The van der Waals surface area contributed by atoms with Gasteiger partial charge < -0.3 is 5.32 Å². The van der Waals surface area contributed by atoms with Gasteiger partial charge in [0.05, 0.1) is 0 Å². The zero-order chi connectivity index (χ0) is 7.49. The van der Waals surface area contributed by atoms with Crippen LogP contribution in [0.4, 0.5) is 0 Å². The first kappa shape index (κ1) is 8.21. The van der Waals surface area contributed by atoms with Crippen molar-refractivity contribution in [1.29, 1.82) is 0 Å². The van der Waals surface area contributed by atoms with Crippen LogP contribution in [0.3, 0.4) is 0 Å². The summed E-state index contributed by atoms with van der Waals surface area (Å²) in [6.45, 7) is 10.4. The van der Waals surface area contributed by atoms with Crippen LogP contribution in [0, 0.1) is 12.0 Å². The van der Waals surface area contributed by atoms with Gasteiger partial charge in [0, 0.05) is 11.6 Å². The van der Waals surface area contributed by atoms with E-state index in [1.165, 1.54) is 0 Å². The molecule has 2 nitrogen and oxygen atoms in total. The topological polar surface area (TPSA) is 29.1 Å². The number of carbonyl (C=O) groups excluding carboxylic acids is 1. The van der Waals surface area contributed by atoms with Crippen molar-refractivity contribution in [3.63, 3.8) is 0 Å². The molecule has 1 radical (unpaired) electrons. The second-order valence-corrected chi connectivity index (χ2v) is 2.89. The second-order valence-electron chi connectivity index (χ2n) is 2.89. The van der Waals surface area contributed by atoms with Crippen molar-refractivity contribution in [2.45, 2.75) is 20.8 Å². The van der Waals surface area contributed by atoms with Gasteiger partial charge in [0.2, 0.25) is 5.91 Å². The van der Waals surface area contributed by atoms with Crippen molar-refractivity contribution in [3.05, 3.63) is 12.8 Å². The molecule has 0 aliphatic rings. The van der Waals surface area contributed by atoms with Crippen LogP contribution >= 0.6 is 0 Å². The fourth-order valence-corrected chi connectivity index (χ4v) is 0.292. The van der Waals surface area contributed by atoms with Crippen LogP contribution in [-0.4, -0.2) is 5.91 Å². The number of carbonyl (C=O) groups is 1. The lowest BCUT2D eigenvalue weighted by Gasteiger charge is -2.14. The minimum Gasteiger partial charge on any atom is -0.332 e. The number of hydrogen-bond donors (Lipinski definition) is 1. The summed E-state index contributed by atoms with van der Waals surface area (Å²) in [5.41, 5.74) is -0.351. The fourth-order valence-electron chi connectivity index (χ4n) is 0.292. The molecule has 0 aromatic rings. The number of amides is 1. The van der Waals surface area contributed by atoms with Crippen molar-refractivity contribution in [1.82, 2.24) is 5.32 Å². The largest absolute Gasteiger partial charge is 0.332 e. The first-order valence-electron chi connectivity index (χ1n) is 2.83.